The van der Waals surface area contributed by atoms with Crippen LogP contribution in [0.3, 0.4) is 0 Å². The minimum Gasteiger partial charge on any atom is -0.469 e. The zero-order valence-electron chi connectivity index (χ0n) is 16.6. The molecule has 0 saturated carbocycles. The number of nitrogens with one attached hydrogen (secondary N) is 2. The van der Waals surface area contributed by atoms with Gasteiger partial charge in [-0.25, -0.2) is 9.98 Å². The molecule has 0 bridgehead atoms. The number of guanidine groups is 1. The van der Waals surface area contributed by atoms with Gasteiger partial charge in [-0.05, 0) is 50.2 Å². The lowest BCUT2D eigenvalue weighted by atomic mass is 10.3. The van der Waals surface area contributed by atoms with Crippen LogP contribution >= 0.6 is 23.4 Å². The van der Waals surface area contributed by atoms with Gasteiger partial charge in [0.1, 0.15) is 18.1 Å². The first kappa shape index (κ1) is 21.3. The Hall–Kier alpha value is -2.38. The fourth-order valence-electron chi connectivity index (χ4n) is 2.56. The van der Waals surface area contributed by atoms with Crippen LogP contribution in [0.25, 0.3) is 0 Å². The van der Waals surface area contributed by atoms with Crippen molar-refractivity contribution in [3.63, 3.8) is 0 Å². The Balaban J connectivity index is 1.50. The molecule has 3 aromatic rings. The maximum atomic E-state index is 5.93. The minimum absolute atomic E-state index is 0.384. The standard InChI is InChI=1S/C21H25ClN4O2S/c1-15-16(2)28-20(26-15)14-25-21(23-10-9-18-4-3-12-27-18)24-11-13-29-19-7-5-17(22)6-8-19/h3-8,12H,9-11,13-14H2,1-2H3,(H2,23,24,25). The summed E-state index contributed by atoms with van der Waals surface area (Å²) in [5.74, 6) is 4.01. The monoisotopic (exact) mass is 432 g/mol. The second-order valence-corrected chi connectivity index (χ2v) is 8.00. The van der Waals surface area contributed by atoms with Crippen molar-refractivity contribution in [1.82, 2.24) is 15.6 Å². The van der Waals surface area contributed by atoms with Crippen LogP contribution in [0.15, 0.2) is 61.4 Å². The normalized spacial score (nSPS) is 11.6. The maximum absolute atomic E-state index is 5.93. The van der Waals surface area contributed by atoms with E-state index in [-0.39, 0.29) is 0 Å². The molecule has 3 rings (SSSR count). The highest BCUT2D eigenvalue weighted by molar-refractivity contribution is 7.99. The van der Waals surface area contributed by atoms with E-state index >= 15 is 0 Å². The number of aliphatic imine (C=N–C) groups is 1. The average molecular weight is 433 g/mol. The second-order valence-electron chi connectivity index (χ2n) is 6.40. The molecule has 2 N–H and O–H groups in total. The van der Waals surface area contributed by atoms with Crippen LogP contribution in [0, 0.1) is 13.8 Å². The van der Waals surface area contributed by atoms with Crippen LogP contribution in [0.5, 0.6) is 0 Å². The average Bonchev–Trinajstić information content (AvgIpc) is 3.34. The Bertz CT molecular complexity index is 888. The lowest BCUT2D eigenvalue weighted by Gasteiger charge is -2.12. The van der Waals surface area contributed by atoms with Crippen molar-refractivity contribution in [1.29, 1.82) is 0 Å². The van der Waals surface area contributed by atoms with Gasteiger partial charge in [-0.15, -0.1) is 11.8 Å². The summed E-state index contributed by atoms with van der Waals surface area (Å²) in [4.78, 5) is 10.2. The number of oxazole rings is 1. The Kier molecular flexibility index (Phi) is 8.07. The van der Waals surface area contributed by atoms with E-state index in [9.17, 15) is 0 Å². The summed E-state index contributed by atoms with van der Waals surface area (Å²) in [6.07, 6.45) is 2.47. The number of aromatic nitrogens is 1. The van der Waals surface area contributed by atoms with Crippen molar-refractivity contribution in [2.45, 2.75) is 31.7 Å². The van der Waals surface area contributed by atoms with E-state index in [4.69, 9.17) is 20.4 Å². The first-order valence-corrected chi connectivity index (χ1v) is 10.8. The van der Waals surface area contributed by atoms with Gasteiger partial charge in [0.15, 0.2) is 5.96 Å². The van der Waals surface area contributed by atoms with Gasteiger partial charge in [-0.2, -0.15) is 0 Å². The van der Waals surface area contributed by atoms with Crippen molar-refractivity contribution < 1.29 is 8.83 Å². The van der Waals surface area contributed by atoms with Crippen LogP contribution in [0.2, 0.25) is 5.02 Å². The molecule has 0 fully saturated rings. The third kappa shape index (κ3) is 7.18. The first-order chi connectivity index (χ1) is 14.1. The van der Waals surface area contributed by atoms with E-state index in [1.54, 1.807) is 18.0 Å². The zero-order valence-corrected chi connectivity index (χ0v) is 18.1. The zero-order chi connectivity index (χ0) is 20.5. The van der Waals surface area contributed by atoms with Crippen molar-refractivity contribution in [3.8, 4) is 0 Å². The Morgan fingerprint density at radius 3 is 2.62 bits per heavy atom. The molecule has 0 radical (unpaired) electrons. The van der Waals surface area contributed by atoms with Gasteiger partial charge < -0.3 is 19.5 Å². The van der Waals surface area contributed by atoms with E-state index in [2.05, 4.69) is 20.6 Å². The minimum atomic E-state index is 0.384. The highest BCUT2D eigenvalue weighted by atomic mass is 35.5. The lowest BCUT2D eigenvalue weighted by Crippen LogP contribution is -2.39. The number of aryl methyl sites for hydroxylation is 2. The number of benzene rings is 1. The summed E-state index contributed by atoms with van der Waals surface area (Å²) in [6.45, 7) is 5.71. The largest absolute Gasteiger partial charge is 0.469 e. The molecule has 0 aliphatic heterocycles. The summed E-state index contributed by atoms with van der Waals surface area (Å²) in [5, 5.41) is 7.45. The van der Waals surface area contributed by atoms with E-state index < -0.39 is 0 Å². The number of hydrogen-bond acceptors (Lipinski definition) is 5. The van der Waals surface area contributed by atoms with Crippen molar-refractivity contribution in [2.75, 3.05) is 18.8 Å². The molecule has 154 valence electrons. The second kappa shape index (κ2) is 11.0. The number of rotatable bonds is 9. The molecule has 0 unspecified atom stereocenters. The molecule has 0 saturated heterocycles. The number of thioether (sulfide) groups is 1. The Morgan fingerprint density at radius 2 is 1.93 bits per heavy atom. The number of nitrogens with zero attached hydrogens (tertiary/aromatic N) is 2. The van der Waals surface area contributed by atoms with Crippen LogP contribution in [0.1, 0.15) is 23.1 Å². The fraction of sp³-hybridized carbons (Fsp3) is 0.333. The quantitative estimate of drug-likeness (QED) is 0.222. The van der Waals surface area contributed by atoms with E-state index in [1.807, 2.05) is 50.2 Å². The van der Waals surface area contributed by atoms with Gasteiger partial charge in [0.25, 0.3) is 0 Å². The number of hydrogen-bond donors (Lipinski definition) is 2. The van der Waals surface area contributed by atoms with Crippen molar-refractivity contribution >= 4 is 29.3 Å². The van der Waals surface area contributed by atoms with E-state index in [0.717, 1.165) is 46.9 Å². The summed E-state index contributed by atoms with van der Waals surface area (Å²) < 4.78 is 11.0. The first-order valence-electron chi connectivity index (χ1n) is 9.46. The highest BCUT2D eigenvalue weighted by Crippen LogP contribution is 2.19. The van der Waals surface area contributed by atoms with Crippen molar-refractivity contribution in [3.05, 3.63) is 70.8 Å². The topological polar surface area (TPSA) is 75.6 Å². The lowest BCUT2D eigenvalue weighted by molar-refractivity contribution is 0.472. The highest BCUT2D eigenvalue weighted by Gasteiger charge is 2.06. The summed E-state index contributed by atoms with van der Waals surface area (Å²) in [7, 11) is 0. The molecule has 0 amide bonds. The van der Waals surface area contributed by atoms with Gasteiger partial charge >= 0.3 is 0 Å². The molecule has 2 heterocycles. The predicted octanol–water partition coefficient (Wildman–Crippen LogP) is 4.61. The Labute approximate surface area is 180 Å². The number of furan rings is 1. The van der Waals surface area contributed by atoms with E-state index in [0.29, 0.717) is 19.0 Å². The third-order valence-corrected chi connectivity index (χ3v) is 5.43. The Morgan fingerprint density at radius 1 is 1.14 bits per heavy atom. The van der Waals surface area contributed by atoms with Crippen LogP contribution in [-0.2, 0) is 13.0 Å². The molecular weight excluding hydrogens is 408 g/mol. The molecule has 1 aromatic carbocycles. The molecule has 6 nitrogen and oxygen atoms in total. The maximum Gasteiger partial charge on any atom is 0.216 e. The summed E-state index contributed by atoms with van der Waals surface area (Å²) >= 11 is 7.69. The molecule has 29 heavy (non-hydrogen) atoms. The SMILES string of the molecule is Cc1nc(CN=C(NCCSc2ccc(Cl)cc2)NCCc2ccco2)oc1C. The smallest absolute Gasteiger partial charge is 0.216 e. The summed E-state index contributed by atoms with van der Waals surface area (Å²) in [5.41, 5.74) is 0.898. The molecule has 0 atom stereocenters. The van der Waals surface area contributed by atoms with Gasteiger partial charge in [0, 0.05) is 35.2 Å². The molecule has 0 aliphatic carbocycles. The van der Waals surface area contributed by atoms with Crippen LogP contribution in [0.4, 0.5) is 0 Å². The van der Waals surface area contributed by atoms with Crippen LogP contribution < -0.4 is 10.6 Å². The molecule has 2 aromatic heterocycles. The van der Waals surface area contributed by atoms with E-state index in [1.165, 1.54) is 4.90 Å². The summed E-state index contributed by atoms with van der Waals surface area (Å²) in [6, 6.07) is 11.7. The number of halogens is 1. The van der Waals surface area contributed by atoms with Gasteiger partial charge in [-0.1, -0.05) is 11.6 Å². The van der Waals surface area contributed by atoms with Crippen molar-refractivity contribution in [2.24, 2.45) is 4.99 Å². The third-order valence-electron chi connectivity index (χ3n) is 4.17. The van der Waals surface area contributed by atoms with Gasteiger partial charge in [-0.3, -0.25) is 0 Å². The fourth-order valence-corrected chi connectivity index (χ4v) is 3.45. The molecule has 0 aliphatic rings. The molecule has 8 heteroatoms. The molecular formula is C21H25ClN4O2S. The van der Waals surface area contributed by atoms with Crippen LogP contribution in [-0.4, -0.2) is 29.8 Å². The van der Waals surface area contributed by atoms with Gasteiger partial charge in [0.05, 0.1) is 12.0 Å². The van der Waals surface area contributed by atoms with Gasteiger partial charge in [0.2, 0.25) is 5.89 Å². The molecule has 0 spiro atoms. The predicted molar refractivity (Wildman–Crippen MR) is 118 cm³/mol.